The summed E-state index contributed by atoms with van der Waals surface area (Å²) in [6, 6.07) is 15.6. The van der Waals surface area contributed by atoms with E-state index >= 15 is 0 Å². The Kier molecular flexibility index (Phi) is 5.21. The van der Waals surface area contributed by atoms with E-state index in [-0.39, 0.29) is 6.04 Å². The van der Waals surface area contributed by atoms with Crippen LogP contribution in [0.3, 0.4) is 0 Å². The van der Waals surface area contributed by atoms with Crippen LogP contribution < -0.4 is 5.32 Å². The molecule has 2 saturated carbocycles. The van der Waals surface area contributed by atoms with Gasteiger partial charge in [0.2, 0.25) is 0 Å². The van der Waals surface area contributed by atoms with Gasteiger partial charge in [0.05, 0.1) is 6.04 Å². The summed E-state index contributed by atoms with van der Waals surface area (Å²) in [6.07, 6.45) is 9.16. The van der Waals surface area contributed by atoms with E-state index in [2.05, 4.69) is 64.6 Å². The fraction of sp³-hybridized carbons (Fsp3) is 0.455. The average Bonchev–Trinajstić information content (AvgIpc) is 3.30. The van der Waals surface area contributed by atoms with Crippen molar-refractivity contribution in [3.05, 3.63) is 66.0 Å². The second-order valence-corrected chi connectivity index (χ2v) is 8.19. The summed E-state index contributed by atoms with van der Waals surface area (Å²) in [7, 11) is 0. The largest absolute Gasteiger partial charge is 0.360 e. The van der Waals surface area contributed by atoms with E-state index in [1.807, 2.05) is 12.4 Å². The lowest BCUT2D eigenvalue weighted by molar-refractivity contribution is 0.306. The number of rotatable bonds is 5. The molecule has 1 N–H and O–H groups in total. The molecule has 2 fully saturated rings. The Labute approximate surface area is 161 Å². The van der Waals surface area contributed by atoms with Crippen molar-refractivity contribution in [2.75, 3.05) is 0 Å². The quantitative estimate of drug-likeness (QED) is 0.777. The van der Waals surface area contributed by atoms with Crippen LogP contribution in [0.5, 0.6) is 0 Å². The zero-order chi connectivity index (χ0) is 17.9. The normalized spacial score (nSPS) is 25.0. The van der Waals surface area contributed by atoms with Crippen molar-refractivity contribution in [2.45, 2.75) is 51.2 Å². The number of pyridine rings is 1. The molecule has 0 aliphatic heterocycles. The number of fused-ring (bicyclic) bond motifs is 2. The smallest absolute Gasteiger partial charge is 0.169 e. The van der Waals surface area contributed by atoms with Crippen LogP contribution in [0.25, 0.3) is 0 Å². The third kappa shape index (κ3) is 3.75. The molecule has 0 amide bonds. The Balaban J connectivity index is 1.52. The fourth-order valence-electron chi connectivity index (χ4n) is 4.64. The van der Waals surface area contributed by atoms with E-state index in [1.165, 1.54) is 36.8 Å². The lowest BCUT2D eigenvalue weighted by Gasteiger charge is -2.35. The van der Waals surface area contributed by atoms with Gasteiger partial charge in [-0.15, -0.1) is 0 Å². The highest BCUT2D eigenvalue weighted by Gasteiger charge is 2.40. The van der Waals surface area contributed by atoms with Crippen molar-refractivity contribution >= 4 is 17.3 Å². The van der Waals surface area contributed by atoms with Crippen molar-refractivity contribution < 1.29 is 0 Å². The second kappa shape index (κ2) is 7.75. The first-order valence-electron chi connectivity index (χ1n) is 9.71. The molecule has 136 valence electrons. The summed E-state index contributed by atoms with van der Waals surface area (Å²) < 4.78 is 0. The third-order valence-electron chi connectivity index (χ3n) is 6.16. The van der Waals surface area contributed by atoms with Gasteiger partial charge in [0.15, 0.2) is 5.11 Å². The fourth-order valence-corrected chi connectivity index (χ4v) is 5.02. The first-order valence-corrected chi connectivity index (χ1v) is 10.1. The van der Waals surface area contributed by atoms with Gasteiger partial charge in [-0.2, -0.15) is 0 Å². The van der Waals surface area contributed by atoms with Crippen LogP contribution in [0.15, 0.2) is 54.9 Å². The predicted molar refractivity (Wildman–Crippen MR) is 110 cm³/mol. The molecule has 4 atom stereocenters. The summed E-state index contributed by atoms with van der Waals surface area (Å²) in [5, 5.41) is 4.61. The van der Waals surface area contributed by atoms with Crippen molar-refractivity contribution in [1.82, 2.24) is 15.2 Å². The summed E-state index contributed by atoms with van der Waals surface area (Å²) in [6.45, 7) is 3.04. The number of hydrogen-bond donors (Lipinski definition) is 1. The molecule has 1 aromatic carbocycles. The summed E-state index contributed by atoms with van der Waals surface area (Å²) >= 11 is 5.90. The lowest BCUT2D eigenvalue weighted by atomic mass is 9.95. The predicted octanol–water partition coefficient (Wildman–Crippen LogP) is 4.71. The molecule has 2 bridgehead atoms. The van der Waals surface area contributed by atoms with Gasteiger partial charge in [-0.3, -0.25) is 4.98 Å². The minimum atomic E-state index is 0.225. The molecule has 0 spiro atoms. The maximum atomic E-state index is 5.90. The highest BCUT2D eigenvalue weighted by molar-refractivity contribution is 7.80. The number of thiocarbonyl (C=S) groups is 1. The first kappa shape index (κ1) is 17.5. The molecule has 3 nitrogen and oxygen atoms in total. The summed E-state index contributed by atoms with van der Waals surface area (Å²) in [5.74, 6) is 1.73. The molecule has 1 aromatic heterocycles. The van der Waals surface area contributed by atoms with Gasteiger partial charge in [-0.05, 0) is 73.5 Å². The SMILES string of the molecule is CC(c1ccccc1)N(Cc1ccncc1)C(=S)NC1CC2CCC1C2. The summed E-state index contributed by atoms with van der Waals surface area (Å²) in [4.78, 5) is 6.47. The minimum absolute atomic E-state index is 0.225. The molecule has 1 heterocycles. The van der Waals surface area contributed by atoms with Gasteiger partial charge >= 0.3 is 0 Å². The molecule has 4 heteroatoms. The Hall–Kier alpha value is -1.94. The molecule has 0 radical (unpaired) electrons. The number of hydrogen-bond acceptors (Lipinski definition) is 2. The Morgan fingerprint density at radius 3 is 2.58 bits per heavy atom. The van der Waals surface area contributed by atoms with Gasteiger partial charge in [0, 0.05) is 25.0 Å². The van der Waals surface area contributed by atoms with Crippen LogP contribution in [0, 0.1) is 11.8 Å². The van der Waals surface area contributed by atoms with Crippen molar-refractivity contribution in [3.8, 4) is 0 Å². The second-order valence-electron chi connectivity index (χ2n) is 7.80. The molecular formula is C22H27N3S. The van der Waals surface area contributed by atoms with E-state index in [9.17, 15) is 0 Å². The lowest BCUT2D eigenvalue weighted by Crippen LogP contribution is -2.47. The van der Waals surface area contributed by atoms with Crippen LogP contribution in [-0.4, -0.2) is 21.0 Å². The van der Waals surface area contributed by atoms with Crippen LogP contribution in [0.4, 0.5) is 0 Å². The van der Waals surface area contributed by atoms with Gasteiger partial charge in [-0.25, -0.2) is 0 Å². The van der Waals surface area contributed by atoms with Crippen molar-refractivity contribution in [1.29, 1.82) is 0 Å². The van der Waals surface area contributed by atoms with E-state index in [1.54, 1.807) is 0 Å². The van der Waals surface area contributed by atoms with Gasteiger partial charge < -0.3 is 10.2 Å². The van der Waals surface area contributed by atoms with Gasteiger partial charge in [0.25, 0.3) is 0 Å². The monoisotopic (exact) mass is 365 g/mol. The van der Waals surface area contributed by atoms with Crippen LogP contribution in [0.2, 0.25) is 0 Å². The topological polar surface area (TPSA) is 28.2 Å². The number of nitrogens with zero attached hydrogens (tertiary/aromatic N) is 2. The highest BCUT2D eigenvalue weighted by atomic mass is 32.1. The molecule has 2 aliphatic carbocycles. The maximum absolute atomic E-state index is 5.90. The third-order valence-corrected chi connectivity index (χ3v) is 6.51. The molecule has 2 aliphatic rings. The first-order chi connectivity index (χ1) is 12.7. The number of benzene rings is 1. The van der Waals surface area contributed by atoms with Crippen LogP contribution in [-0.2, 0) is 6.54 Å². The van der Waals surface area contributed by atoms with E-state index in [0.717, 1.165) is 23.5 Å². The zero-order valence-electron chi connectivity index (χ0n) is 15.3. The van der Waals surface area contributed by atoms with E-state index in [0.29, 0.717) is 6.04 Å². The summed E-state index contributed by atoms with van der Waals surface area (Å²) in [5.41, 5.74) is 2.53. The molecule has 4 unspecified atom stereocenters. The van der Waals surface area contributed by atoms with Gasteiger partial charge in [0.1, 0.15) is 0 Å². The zero-order valence-corrected chi connectivity index (χ0v) is 16.2. The molecular weight excluding hydrogens is 338 g/mol. The molecule has 26 heavy (non-hydrogen) atoms. The molecule has 2 aromatic rings. The number of aromatic nitrogens is 1. The number of nitrogens with one attached hydrogen (secondary N) is 1. The molecule has 0 saturated heterocycles. The Morgan fingerprint density at radius 2 is 1.92 bits per heavy atom. The van der Waals surface area contributed by atoms with E-state index in [4.69, 9.17) is 12.2 Å². The molecule has 4 rings (SSSR count). The Morgan fingerprint density at radius 1 is 1.15 bits per heavy atom. The minimum Gasteiger partial charge on any atom is -0.360 e. The highest BCUT2D eigenvalue weighted by Crippen LogP contribution is 2.44. The van der Waals surface area contributed by atoms with Gasteiger partial charge in [-0.1, -0.05) is 36.8 Å². The average molecular weight is 366 g/mol. The maximum Gasteiger partial charge on any atom is 0.169 e. The van der Waals surface area contributed by atoms with E-state index < -0.39 is 0 Å². The van der Waals surface area contributed by atoms with Crippen molar-refractivity contribution in [3.63, 3.8) is 0 Å². The Bertz CT molecular complexity index is 734. The van der Waals surface area contributed by atoms with Crippen LogP contribution in [0.1, 0.15) is 49.8 Å². The van der Waals surface area contributed by atoms with Crippen LogP contribution >= 0.6 is 12.2 Å². The van der Waals surface area contributed by atoms with Crippen molar-refractivity contribution in [2.24, 2.45) is 11.8 Å². The standard InChI is InChI=1S/C22H27N3S/c1-16(19-5-3-2-4-6-19)25(15-17-9-11-23-12-10-17)22(26)24-21-14-18-7-8-20(21)13-18/h2-6,9-12,16,18,20-21H,7-8,13-15H2,1H3,(H,24,26).